The van der Waals surface area contributed by atoms with Crippen molar-refractivity contribution in [3.63, 3.8) is 0 Å². The first-order valence-electron chi connectivity index (χ1n) is 5.08. The van der Waals surface area contributed by atoms with E-state index in [1.807, 2.05) is 26.8 Å². The van der Waals surface area contributed by atoms with Crippen LogP contribution in [0.15, 0.2) is 12.7 Å². The van der Waals surface area contributed by atoms with E-state index in [2.05, 4.69) is 25.1 Å². The van der Waals surface area contributed by atoms with Gasteiger partial charge in [0.1, 0.15) is 4.75 Å². The highest BCUT2D eigenvalue weighted by Gasteiger charge is 2.29. The van der Waals surface area contributed by atoms with Crippen LogP contribution in [-0.2, 0) is 11.4 Å². The molecule has 2 nitrogen and oxygen atoms in total. The summed E-state index contributed by atoms with van der Waals surface area (Å²) in [5.74, 6) is 0.471. The quantitative estimate of drug-likeness (QED) is 0.567. The van der Waals surface area contributed by atoms with Crippen molar-refractivity contribution < 1.29 is 4.55 Å². The van der Waals surface area contributed by atoms with E-state index in [0.29, 0.717) is 5.92 Å². The Bertz CT molecular complexity index is 177. The zero-order valence-electron chi connectivity index (χ0n) is 9.96. The van der Waals surface area contributed by atoms with Crippen molar-refractivity contribution in [2.24, 2.45) is 5.92 Å². The van der Waals surface area contributed by atoms with Crippen molar-refractivity contribution in [2.45, 2.75) is 51.8 Å². The van der Waals surface area contributed by atoms with Crippen LogP contribution in [0, 0.1) is 5.92 Å². The minimum atomic E-state index is -0.976. The maximum Gasteiger partial charge on any atom is 0.136 e. The molecule has 0 aliphatic heterocycles. The lowest BCUT2D eigenvalue weighted by Gasteiger charge is -2.28. The summed E-state index contributed by atoms with van der Waals surface area (Å²) in [5, 5.41) is 0. The summed E-state index contributed by atoms with van der Waals surface area (Å²) < 4.78 is 14.7. The van der Waals surface area contributed by atoms with Crippen molar-refractivity contribution in [1.29, 1.82) is 0 Å². The molecule has 0 bridgehead atoms. The van der Waals surface area contributed by atoms with Crippen LogP contribution in [0.25, 0.3) is 0 Å². The second-order valence-electron chi connectivity index (χ2n) is 4.79. The second kappa shape index (κ2) is 5.79. The van der Waals surface area contributed by atoms with Crippen LogP contribution in [0.2, 0.25) is 0 Å². The molecule has 0 aliphatic rings. The molecule has 3 atom stereocenters. The number of hydrogen-bond donors (Lipinski definition) is 1. The number of rotatable bonds is 5. The van der Waals surface area contributed by atoms with E-state index >= 15 is 0 Å². The third-order valence-electron chi connectivity index (χ3n) is 2.24. The van der Waals surface area contributed by atoms with E-state index in [0.717, 1.165) is 6.42 Å². The molecule has 0 saturated heterocycles. The first-order valence-corrected chi connectivity index (χ1v) is 6.23. The molecule has 2 unspecified atom stereocenters. The monoisotopic (exact) mass is 217 g/mol. The normalized spacial score (nSPS) is 18.7. The van der Waals surface area contributed by atoms with E-state index in [1.54, 1.807) is 0 Å². The van der Waals surface area contributed by atoms with Gasteiger partial charge in [0, 0.05) is 11.4 Å². The molecule has 3 heteroatoms. The van der Waals surface area contributed by atoms with Crippen molar-refractivity contribution in [2.75, 3.05) is 0 Å². The van der Waals surface area contributed by atoms with Gasteiger partial charge < -0.3 is 4.55 Å². The summed E-state index contributed by atoms with van der Waals surface area (Å²) in [7, 11) is 0. The molecule has 0 amide bonds. The molecule has 0 rings (SSSR count). The topological polar surface area (TPSA) is 35.1 Å². The summed E-state index contributed by atoms with van der Waals surface area (Å²) in [5.41, 5.74) is 0. The third-order valence-corrected chi connectivity index (χ3v) is 3.94. The molecule has 0 saturated carbocycles. The fraction of sp³-hybridized carbons (Fsp3) is 0.818. The Hall–Kier alpha value is 0.01000. The predicted molar refractivity (Wildman–Crippen MR) is 64.5 cm³/mol. The molecule has 1 N–H and O–H groups in total. The smallest absolute Gasteiger partial charge is 0.136 e. The third kappa shape index (κ3) is 5.03. The zero-order chi connectivity index (χ0) is 11.4. The van der Waals surface area contributed by atoms with Gasteiger partial charge in [0.2, 0.25) is 0 Å². The van der Waals surface area contributed by atoms with Crippen molar-refractivity contribution >= 4 is 11.4 Å². The van der Waals surface area contributed by atoms with E-state index < -0.39 is 11.4 Å². The van der Waals surface area contributed by atoms with Gasteiger partial charge in [-0.25, -0.2) is 0 Å². The Kier molecular flexibility index (Phi) is 5.79. The van der Waals surface area contributed by atoms with Crippen LogP contribution < -0.4 is 4.72 Å². The molecule has 0 spiro atoms. The molecular weight excluding hydrogens is 194 g/mol. The van der Waals surface area contributed by atoms with Crippen LogP contribution >= 0.6 is 0 Å². The minimum absolute atomic E-state index is 0.192. The van der Waals surface area contributed by atoms with Crippen molar-refractivity contribution in [3.05, 3.63) is 12.7 Å². The molecule has 0 aliphatic carbocycles. The average Bonchev–Trinajstić information content (AvgIpc) is 2.02. The molecule has 0 aromatic carbocycles. The van der Waals surface area contributed by atoms with Gasteiger partial charge in [-0.2, -0.15) is 0 Å². The lowest BCUT2D eigenvalue weighted by atomic mass is 10.0. The highest BCUT2D eigenvalue weighted by atomic mass is 32.2. The SMILES string of the molecule is C=CCC(C)[C@@H](C)N[S+]([O-])C(C)(C)C. The summed E-state index contributed by atoms with van der Waals surface area (Å²) in [6, 6.07) is 0.257. The van der Waals surface area contributed by atoms with E-state index in [4.69, 9.17) is 0 Å². The Labute approximate surface area is 91.5 Å². The molecule has 0 fully saturated rings. The Morgan fingerprint density at radius 1 is 1.43 bits per heavy atom. The van der Waals surface area contributed by atoms with Gasteiger partial charge in [-0.15, -0.1) is 11.3 Å². The second-order valence-corrected chi connectivity index (χ2v) is 6.79. The van der Waals surface area contributed by atoms with Gasteiger partial charge in [0.25, 0.3) is 0 Å². The Balaban J connectivity index is 4.05. The Morgan fingerprint density at radius 2 is 1.93 bits per heavy atom. The van der Waals surface area contributed by atoms with Crippen LogP contribution in [-0.4, -0.2) is 15.3 Å². The molecule has 0 radical (unpaired) electrons. The van der Waals surface area contributed by atoms with Gasteiger partial charge >= 0.3 is 0 Å². The number of nitrogens with one attached hydrogen (secondary N) is 1. The average molecular weight is 217 g/mol. The van der Waals surface area contributed by atoms with E-state index in [1.165, 1.54) is 0 Å². The molecule has 14 heavy (non-hydrogen) atoms. The molecule has 0 aromatic heterocycles. The van der Waals surface area contributed by atoms with Gasteiger partial charge in [0.15, 0.2) is 0 Å². The predicted octanol–water partition coefficient (Wildman–Crippen LogP) is 2.64. The van der Waals surface area contributed by atoms with Crippen LogP contribution in [0.4, 0.5) is 0 Å². The maximum absolute atomic E-state index is 11.8. The summed E-state index contributed by atoms with van der Waals surface area (Å²) in [6.45, 7) is 13.8. The molecule has 0 aromatic rings. The van der Waals surface area contributed by atoms with E-state index in [-0.39, 0.29) is 10.8 Å². The van der Waals surface area contributed by atoms with Gasteiger partial charge in [-0.3, -0.25) is 0 Å². The van der Waals surface area contributed by atoms with Crippen LogP contribution in [0.3, 0.4) is 0 Å². The molecule has 0 heterocycles. The summed E-state index contributed by atoms with van der Waals surface area (Å²) in [4.78, 5) is 0. The standard InChI is InChI=1S/C11H23NOS/c1-7-8-9(2)10(3)12-14(13)11(4,5)6/h7,9-10,12H,1,8H2,2-6H3/t9?,10-,14?/m1/s1. The largest absolute Gasteiger partial charge is 0.598 e. The highest BCUT2D eigenvalue weighted by molar-refractivity contribution is 7.90. The van der Waals surface area contributed by atoms with Crippen molar-refractivity contribution in [1.82, 2.24) is 4.72 Å². The van der Waals surface area contributed by atoms with Gasteiger partial charge in [0.05, 0.1) is 6.04 Å². The number of allylic oxidation sites excluding steroid dienone is 1. The van der Waals surface area contributed by atoms with Crippen LogP contribution in [0.1, 0.15) is 41.0 Å². The highest BCUT2D eigenvalue weighted by Crippen LogP contribution is 2.16. The van der Waals surface area contributed by atoms with Crippen LogP contribution in [0.5, 0.6) is 0 Å². The van der Waals surface area contributed by atoms with Gasteiger partial charge in [-0.05, 0) is 40.0 Å². The Morgan fingerprint density at radius 3 is 2.29 bits per heavy atom. The van der Waals surface area contributed by atoms with Gasteiger partial charge in [-0.1, -0.05) is 13.0 Å². The summed E-state index contributed by atoms with van der Waals surface area (Å²) >= 11 is -0.976. The lowest BCUT2D eigenvalue weighted by molar-refractivity contribution is 0.441. The fourth-order valence-electron chi connectivity index (χ4n) is 0.929. The zero-order valence-corrected chi connectivity index (χ0v) is 10.8. The van der Waals surface area contributed by atoms with Crippen molar-refractivity contribution in [3.8, 4) is 0 Å². The van der Waals surface area contributed by atoms with E-state index in [9.17, 15) is 4.55 Å². The maximum atomic E-state index is 11.8. The summed E-state index contributed by atoms with van der Waals surface area (Å²) in [6.07, 6.45) is 2.86. The first kappa shape index (κ1) is 14.0. The minimum Gasteiger partial charge on any atom is -0.598 e. The molecule has 84 valence electrons. The number of hydrogen-bond acceptors (Lipinski definition) is 2. The fourth-order valence-corrected chi connectivity index (χ4v) is 1.85. The molecular formula is C11H23NOS. The lowest BCUT2D eigenvalue weighted by Crippen LogP contribution is -2.45. The first-order chi connectivity index (χ1) is 6.29.